The lowest BCUT2D eigenvalue weighted by Gasteiger charge is -2.28. The molecule has 1 aromatic carbocycles. The highest BCUT2D eigenvalue weighted by atomic mass is 19.4. The molecule has 3 N–H and O–H groups in total. The van der Waals surface area contributed by atoms with Gasteiger partial charge in [0.05, 0.1) is 16.9 Å². The Morgan fingerprint density at radius 3 is 2.44 bits per heavy atom. The summed E-state index contributed by atoms with van der Waals surface area (Å²) in [6.45, 7) is 6.95. The summed E-state index contributed by atoms with van der Waals surface area (Å²) in [6, 6.07) is 1.47. The quantitative estimate of drug-likeness (QED) is 0.753. The number of nitrogens with one attached hydrogen (secondary N) is 1. The molecular formula is C18H24F3N3O3. The van der Waals surface area contributed by atoms with Crippen LogP contribution >= 0.6 is 0 Å². The van der Waals surface area contributed by atoms with Crippen molar-refractivity contribution in [2.24, 2.45) is 0 Å². The minimum atomic E-state index is -4.63. The number of amides is 2. The fraction of sp³-hybridized carbons (Fsp3) is 0.556. The van der Waals surface area contributed by atoms with Crippen molar-refractivity contribution in [1.29, 1.82) is 0 Å². The van der Waals surface area contributed by atoms with Crippen LogP contribution in [0.3, 0.4) is 0 Å². The molecule has 27 heavy (non-hydrogen) atoms. The van der Waals surface area contributed by atoms with Gasteiger partial charge in [-0.15, -0.1) is 0 Å². The lowest BCUT2D eigenvalue weighted by Crippen LogP contribution is -2.45. The van der Waals surface area contributed by atoms with Gasteiger partial charge in [-0.2, -0.15) is 13.2 Å². The van der Waals surface area contributed by atoms with Crippen LogP contribution in [0.4, 0.5) is 29.3 Å². The van der Waals surface area contributed by atoms with E-state index in [0.717, 1.165) is 6.07 Å². The van der Waals surface area contributed by atoms with E-state index in [4.69, 9.17) is 10.5 Å². The zero-order valence-corrected chi connectivity index (χ0v) is 15.7. The molecule has 2 amide bonds. The van der Waals surface area contributed by atoms with Crippen molar-refractivity contribution in [3.05, 3.63) is 23.3 Å². The first-order chi connectivity index (χ1) is 12.3. The van der Waals surface area contributed by atoms with E-state index in [1.54, 1.807) is 20.8 Å². The number of halogens is 3. The number of carbonyl (C=O) groups excluding carboxylic acids is 2. The number of anilines is 2. The third kappa shape index (κ3) is 5.05. The van der Waals surface area contributed by atoms with Gasteiger partial charge in [-0.3, -0.25) is 9.69 Å². The van der Waals surface area contributed by atoms with E-state index in [-0.39, 0.29) is 5.69 Å². The molecule has 1 fully saturated rings. The maximum absolute atomic E-state index is 13.1. The van der Waals surface area contributed by atoms with Crippen LogP contribution in [0, 0.1) is 6.92 Å². The molecule has 1 aliphatic rings. The maximum atomic E-state index is 13.1. The van der Waals surface area contributed by atoms with Crippen LogP contribution in [-0.4, -0.2) is 35.1 Å². The summed E-state index contributed by atoms with van der Waals surface area (Å²) in [5.41, 5.74) is 3.53. The first kappa shape index (κ1) is 20.9. The molecule has 1 unspecified atom stereocenters. The monoisotopic (exact) mass is 387 g/mol. The molecule has 1 atom stereocenters. The van der Waals surface area contributed by atoms with Crippen LogP contribution in [0.15, 0.2) is 12.1 Å². The second-order valence-corrected chi connectivity index (χ2v) is 7.59. The first-order valence-corrected chi connectivity index (χ1v) is 8.57. The largest absolute Gasteiger partial charge is 0.444 e. The second kappa shape index (κ2) is 7.28. The molecule has 0 aromatic heterocycles. The normalized spacial score (nSPS) is 17.7. The number of nitrogen functional groups attached to an aromatic ring is 1. The summed E-state index contributed by atoms with van der Waals surface area (Å²) >= 11 is 0. The molecule has 9 heteroatoms. The number of nitrogens with zero attached hydrogens (tertiary/aromatic N) is 1. The average molecular weight is 387 g/mol. The van der Waals surface area contributed by atoms with Gasteiger partial charge in [0.15, 0.2) is 0 Å². The van der Waals surface area contributed by atoms with Gasteiger partial charge in [0, 0.05) is 6.54 Å². The summed E-state index contributed by atoms with van der Waals surface area (Å²) in [4.78, 5) is 26.2. The number of alkyl halides is 3. The van der Waals surface area contributed by atoms with Gasteiger partial charge in [-0.25, -0.2) is 4.79 Å². The van der Waals surface area contributed by atoms with Crippen LogP contribution in [0.2, 0.25) is 0 Å². The third-order valence-electron chi connectivity index (χ3n) is 4.07. The number of hydrogen-bond donors (Lipinski definition) is 2. The van der Waals surface area contributed by atoms with Gasteiger partial charge in [0.1, 0.15) is 11.6 Å². The predicted molar refractivity (Wildman–Crippen MR) is 95.2 cm³/mol. The highest BCUT2D eigenvalue weighted by Gasteiger charge is 2.38. The van der Waals surface area contributed by atoms with Crippen molar-refractivity contribution in [2.75, 3.05) is 17.6 Å². The summed E-state index contributed by atoms with van der Waals surface area (Å²) in [5, 5.41) is 2.44. The van der Waals surface area contributed by atoms with Gasteiger partial charge < -0.3 is 15.8 Å². The van der Waals surface area contributed by atoms with Crippen LogP contribution in [0.5, 0.6) is 0 Å². The van der Waals surface area contributed by atoms with Crippen molar-refractivity contribution < 1.29 is 27.5 Å². The minimum Gasteiger partial charge on any atom is -0.444 e. The molecule has 1 saturated heterocycles. The van der Waals surface area contributed by atoms with Gasteiger partial charge in [-0.1, -0.05) is 0 Å². The van der Waals surface area contributed by atoms with Gasteiger partial charge in [-0.05, 0) is 58.2 Å². The van der Waals surface area contributed by atoms with E-state index in [2.05, 4.69) is 5.32 Å². The molecule has 150 valence electrons. The Morgan fingerprint density at radius 1 is 1.26 bits per heavy atom. The minimum absolute atomic E-state index is 0.122. The van der Waals surface area contributed by atoms with Crippen molar-refractivity contribution in [3.63, 3.8) is 0 Å². The van der Waals surface area contributed by atoms with Crippen LogP contribution < -0.4 is 11.1 Å². The average Bonchev–Trinajstić information content (AvgIpc) is 2.97. The zero-order chi connectivity index (χ0) is 20.6. The molecule has 1 aromatic rings. The van der Waals surface area contributed by atoms with E-state index in [9.17, 15) is 22.8 Å². The number of hydrogen-bond acceptors (Lipinski definition) is 4. The fourth-order valence-electron chi connectivity index (χ4n) is 2.93. The SMILES string of the molecule is Cc1cc(NC(=O)C2CCCN2C(=O)OC(C)(C)C)c(N)c(C(F)(F)F)c1. The smallest absolute Gasteiger partial charge is 0.418 e. The van der Waals surface area contributed by atoms with Crippen molar-refractivity contribution in [3.8, 4) is 0 Å². The molecule has 2 rings (SSSR count). The molecule has 1 aliphatic heterocycles. The topological polar surface area (TPSA) is 84.7 Å². The van der Waals surface area contributed by atoms with Crippen LogP contribution in [0.1, 0.15) is 44.7 Å². The van der Waals surface area contributed by atoms with Crippen molar-refractivity contribution >= 4 is 23.4 Å². The lowest BCUT2D eigenvalue weighted by molar-refractivity contribution is -0.137. The molecule has 0 bridgehead atoms. The van der Waals surface area contributed by atoms with Gasteiger partial charge in [0.2, 0.25) is 5.91 Å². The van der Waals surface area contributed by atoms with Crippen LogP contribution in [0.25, 0.3) is 0 Å². The lowest BCUT2D eigenvalue weighted by atomic mass is 10.1. The molecule has 0 radical (unpaired) electrons. The number of ether oxygens (including phenoxy) is 1. The summed E-state index contributed by atoms with van der Waals surface area (Å²) in [6.07, 6.45) is -4.28. The number of aryl methyl sites for hydroxylation is 1. The van der Waals surface area contributed by atoms with Gasteiger partial charge in [0.25, 0.3) is 0 Å². The number of rotatable bonds is 2. The summed E-state index contributed by atoms with van der Waals surface area (Å²) in [7, 11) is 0. The Hall–Kier alpha value is -2.45. The standard InChI is InChI=1S/C18H24F3N3O3/c1-10-8-11(18(19,20)21)14(22)12(9-10)23-15(25)13-6-5-7-24(13)16(26)27-17(2,3)4/h8-9,13H,5-7,22H2,1-4H3,(H,23,25). The Morgan fingerprint density at radius 2 is 1.89 bits per heavy atom. The molecular weight excluding hydrogens is 363 g/mol. The van der Waals surface area contributed by atoms with E-state index < -0.39 is 41.1 Å². The Kier molecular flexibility index (Phi) is 5.63. The van der Waals surface area contributed by atoms with Crippen molar-refractivity contribution in [2.45, 2.75) is 58.4 Å². The van der Waals surface area contributed by atoms with E-state index in [1.807, 2.05) is 0 Å². The predicted octanol–water partition coefficient (Wildman–Crippen LogP) is 3.93. The fourth-order valence-corrected chi connectivity index (χ4v) is 2.93. The zero-order valence-electron chi connectivity index (χ0n) is 15.7. The summed E-state index contributed by atoms with van der Waals surface area (Å²) < 4.78 is 44.6. The highest BCUT2D eigenvalue weighted by Crippen LogP contribution is 2.38. The molecule has 6 nitrogen and oxygen atoms in total. The van der Waals surface area contributed by atoms with E-state index in [0.29, 0.717) is 24.9 Å². The highest BCUT2D eigenvalue weighted by molar-refractivity contribution is 5.99. The third-order valence-corrected chi connectivity index (χ3v) is 4.07. The Labute approximate surface area is 155 Å². The molecule has 0 spiro atoms. The first-order valence-electron chi connectivity index (χ1n) is 8.57. The molecule has 1 heterocycles. The molecule has 0 aliphatic carbocycles. The second-order valence-electron chi connectivity index (χ2n) is 7.59. The Balaban J connectivity index is 2.22. The van der Waals surface area contributed by atoms with Gasteiger partial charge >= 0.3 is 12.3 Å². The van der Waals surface area contributed by atoms with Crippen LogP contribution in [-0.2, 0) is 15.7 Å². The Bertz CT molecular complexity index is 742. The number of carbonyl (C=O) groups is 2. The van der Waals surface area contributed by atoms with Crippen molar-refractivity contribution in [1.82, 2.24) is 4.90 Å². The number of likely N-dealkylation sites (tertiary alicyclic amines) is 1. The van der Waals surface area contributed by atoms with E-state index >= 15 is 0 Å². The number of nitrogens with two attached hydrogens (primary N) is 1. The molecule has 0 saturated carbocycles. The number of benzene rings is 1. The van der Waals surface area contributed by atoms with E-state index in [1.165, 1.54) is 17.9 Å². The maximum Gasteiger partial charge on any atom is 0.418 e. The summed E-state index contributed by atoms with van der Waals surface area (Å²) in [5.74, 6) is -0.594.